The number of rotatable bonds is 6. The third-order valence-corrected chi connectivity index (χ3v) is 8.18. The molecular formula is C29H21ClN2O6S. The van der Waals surface area contributed by atoms with E-state index in [0.717, 1.165) is 4.90 Å². The number of carbonyl (C=O) groups is 2. The van der Waals surface area contributed by atoms with Gasteiger partial charge in [0.1, 0.15) is 16.6 Å². The number of benzene rings is 4. The number of hydrogen-bond acceptors (Lipinski definition) is 7. The van der Waals surface area contributed by atoms with Crippen LogP contribution in [0.3, 0.4) is 0 Å². The number of anilines is 2. The molecule has 39 heavy (non-hydrogen) atoms. The van der Waals surface area contributed by atoms with Crippen molar-refractivity contribution < 1.29 is 27.0 Å². The zero-order chi connectivity index (χ0) is 27.1. The Morgan fingerprint density at radius 3 is 1.97 bits per heavy atom. The van der Waals surface area contributed by atoms with Crippen LogP contribution in [-0.2, 0) is 24.5 Å². The molecule has 6 rings (SSSR count). The summed E-state index contributed by atoms with van der Waals surface area (Å²) in [5.74, 6) is -1.60. The van der Waals surface area contributed by atoms with Crippen LogP contribution >= 0.6 is 11.6 Å². The Morgan fingerprint density at radius 1 is 0.718 bits per heavy atom. The average molecular weight is 561 g/mol. The standard InChI is InChI=1S/C29H21ClN2O6S/c30-20-13-15-21(16-14-20)31-28(33)25-26(32(37-27(25)29(31)34)22-7-3-1-4-8-22)19-11-17-23(18-12-19)38-39(35,36)24-9-5-2-6-10-24/h1-18,25-27H. The molecule has 196 valence electrons. The van der Waals surface area contributed by atoms with Gasteiger partial charge >= 0.3 is 10.1 Å². The maximum absolute atomic E-state index is 13.7. The van der Waals surface area contributed by atoms with Crippen LogP contribution in [-0.4, -0.2) is 26.3 Å². The molecular weight excluding hydrogens is 540 g/mol. The van der Waals surface area contributed by atoms with E-state index in [2.05, 4.69) is 0 Å². The minimum absolute atomic E-state index is 0.0359. The minimum atomic E-state index is -4.02. The maximum atomic E-state index is 13.7. The first kappa shape index (κ1) is 25.1. The van der Waals surface area contributed by atoms with Crippen LogP contribution in [0.2, 0.25) is 5.02 Å². The third-order valence-electron chi connectivity index (χ3n) is 6.67. The van der Waals surface area contributed by atoms with Gasteiger partial charge in [-0.1, -0.05) is 60.1 Å². The van der Waals surface area contributed by atoms with Crippen LogP contribution in [0, 0.1) is 5.92 Å². The summed E-state index contributed by atoms with van der Waals surface area (Å²) in [6, 6.07) is 29.2. The number of nitrogens with zero attached hydrogens (tertiary/aromatic N) is 2. The van der Waals surface area contributed by atoms with Crippen molar-refractivity contribution in [2.45, 2.75) is 17.0 Å². The summed E-state index contributed by atoms with van der Waals surface area (Å²) in [4.78, 5) is 34.4. The predicted molar refractivity (Wildman–Crippen MR) is 145 cm³/mol. The molecule has 2 aliphatic heterocycles. The second kappa shape index (κ2) is 9.85. The zero-order valence-corrected chi connectivity index (χ0v) is 21.8. The second-order valence-corrected chi connectivity index (χ2v) is 11.0. The molecule has 2 aliphatic rings. The Balaban J connectivity index is 1.34. The lowest BCUT2D eigenvalue weighted by molar-refractivity contribution is -0.126. The van der Waals surface area contributed by atoms with E-state index in [1.54, 1.807) is 59.7 Å². The highest BCUT2D eigenvalue weighted by molar-refractivity contribution is 7.87. The molecule has 0 saturated carbocycles. The Morgan fingerprint density at radius 2 is 1.33 bits per heavy atom. The first-order chi connectivity index (χ1) is 18.8. The van der Waals surface area contributed by atoms with Crippen molar-refractivity contribution in [3.63, 3.8) is 0 Å². The summed E-state index contributed by atoms with van der Waals surface area (Å²) in [6.07, 6.45) is -1.03. The summed E-state index contributed by atoms with van der Waals surface area (Å²) < 4.78 is 30.6. The Hall–Kier alpha value is -4.18. The van der Waals surface area contributed by atoms with E-state index in [1.165, 1.54) is 24.3 Å². The van der Waals surface area contributed by atoms with Crippen molar-refractivity contribution in [1.82, 2.24) is 0 Å². The molecule has 10 heteroatoms. The molecule has 3 atom stereocenters. The predicted octanol–water partition coefficient (Wildman–Crippen LogP) is 5.16. The highest BCUT2D eigenvalue weighted by atomic mass is 35.5. The molecule has 4 aromatic carbocycles. The van der Waals surface area contributed by atoms with Crippen LogP contribution in [0.15, 0.2) is 114 Å². The molecule has 0 aliphatic carbocycles. The number of hydroxylamine groups is 1. The third kappa shape index (κ3) is 4.54. The fourth-order valence-corrected chi connectivity index (χ4v) is 5.96. The molecule has 2 fully saturated rings. The van der Waals surface area contributed by atoms with Crippen molar-refractivity contribution in [3.05, 3.63) is 120 Å². The van der Waals surface area contributed by atoms with Gasteiger partial charge < -0.3 is 4.18 Å². The maximum Gasteiger partial charge on any atom is 0.339 e. The van der Waals surface area contributed by atoms with Crippen LogP contribution in [0.5, 0.6) is 5.75 Å². The molecule has 0 radical (unpaired) electrons. The monoisotopic (exact) mass is 560 g/mol. The van der Waals surface area contributed by atoms with E-state index in [9.17, 15) is 18.0 Å². The van der Waals surface area contributed by atoms with Crippen LogP contribution < -0.4 is 14.1 Å². The Bertz CT molecular complexity index is 1630. The number of hydrogen-bond donors (Lipinski definition) is 0. The van der Waals surface area contributed by atoms with Gasteiger partial charge in [-0.3, -0.25) is 14.4 Å². The average Bonchev–Trinajstić information content (AvgIpc) is 3.46. The first-order valence-electron chi connectivity index (χ1n) is 12.1. The lowest BCUT2D eigenvalue weighted by atomic mass is 9.90. The van der Waals surface area contributed by atoms with E-state index in [-0.39, 0.29) is 10.6 Å². The van der Waals surface area contributed by atoms with Gasteiger partial charge in [0.05, 0.1) is 17.4 Å². The molecule has 3 unspecified atom stereocenters. The molecule has 2 amide bonds. The zero-order valence-electron chi connectivity index (χ0n) is 20.3. The number of halogens is 1. The fraction of sp³-hybridized carbons (Fsp3) is 0.103. The van der Waals surface area contributed by atoms with E-state index < -0.39 is 40.0 Å². The highest BCUT2D eigenvalue weighted by Gasteiger charge is 2.60. The summed E-state index contributed by atoms with van der Waals surface area (Å²) >= 11 is 6.00. The van der Waals surface area contributed by atoms with Crippen molar-refractivity contribution >= 4 is 44.9 Å². The smallest absolute Gasteiger partial charge is 0.339 e. The summed E-state index contributed by atoms with van der Waals surface area (Å²) in [5.41, 5.74) is 1.73. The van der Waals surface area contributed by atoms with Gasteiger partial charge in [-0.25, -0.2) is 9.96 Å². The summed E-state index contributed by atoms with van der Waals surface area (Å²) in [7, 11) is -4.02. The molecule has 2 heterocycles. The van der Waals surface area contributed by atoms with Crippen molar-refractivity contribution in [1.29, 1.82) is 0 Å². The van der Waals surface area contributed by atoms with Gasteiger partial charge in [0.2, 0.25) is 5.91 Å². The largest absolute Gasteiger partial charge is 0.379 e. The van der Waals surface area contributed by atoms with Gasteiger partial charge in [-0.2, -0.15) is 8.42 Å². The molecule has 4 aromatic rings. The van der Waals surface area contributed by atoms with Crippen LogP contribution in [0.1, 0.15) is 11.6 Å². The number of amides is 2. The van der Waals surface area contributed by atoms with Gasteiger partial charge in [0.25, 0.3) is 5.91 Å². The lowest BCUT2D eigenvalue weighted by Crippen LogP contribution is -2.37. The van der Waals surface area contributed by atoms with Crippen molar-refractivity contribution in [2.24, 2.45) is 5.92 Å². The summed E-state index contributed by atoms with van der Waals surface area (Å²) in [5, 5.41) is 2.06. The molecule has 0 bridgehead atoms. The van der Waals surface area contributed by atoms with Crippen molar-refractivity contribution in [2.75, 3.05) is 9.96 Å². The van der Waals surface area contributed by atoms with Crippen molar-refractivity contribution in [3.8, 4) is 5.75 Å². The van der Waals surface area contributed by atoms with E-state index in [4.69, 9.17) is 20.6 Å². The summed E-state index contributed by atoms with van der Waals surface area (Å²) in [6.45, 7) is 0. The Kier molecular flexibility index (Phi) is 6.34. The normalized spacial score (nSPS) is 20.8. The van der Waals surface area contributed by atoms with Gasteiger partial charge in [-0.15, -0.1) is 0 Å². The van der Waals surface area contributed by atoms with Gasteiger partial charge in [-0.05, 0) is 66.2 Å². The van der Waals surface area contributed by atoms with Crippen LogP contribution in [0.4, 0.5) is 11.4 Å². The molecule has 0 aromatic heterocycles. The Labute approximate surface area is 230 Å². The van der Waals surface area contributed by atoms with E-state index in [0.29, 0.717) is 22.0 Å². The highest BCUT2D eigenvalue weighted by Crippen LogP contribution is 2.47. The number of fused-ring (bicyclic) bond motifs is 1. The number of imide groups is 1. The molecule has 8 nitrogen and oxygen atoms in total. The first-order valence-corrected chi connectivity index (χ1v) is 13.9. The fourth-order valence-electron chi connectivity index (χ4n) is 4.88. The topological polar surface area (TPSA) is 93.2 Å². The molecule has 0 N–H and O–H groups in total. The quantitative estimate of drug-likeness (QED) is 0.237. The van der Waals surface area contributed by atoms with E-state index in [1.807, 2.05) is 30.3 Å². The van der Waals surface area contributed by atoms with Gasteiger partial charge in [0.15, 0.2) is 6.10 Å². The number of carbonyl (C=O) groups excluding carboxylic acids is 2. The lowest BCUT2D eigenvalue weighted by Gasteiger charge is -2.28. The van der Waals surface area contributed by atoms with E-state index >= 15 is 0 Å². The van der Waals surface area contributed by atoms with Gasteiger partial charge in [0, 0.05) is 5.02 Å². The molecule has 2 saturated heterocycles. The number of para-hydroxylation sites is 1. The SMILES string of the molecule is O=C1C2ON(c3ccccc3)C(c3ccc(OS(=O)(=O)c4ccccc4)cc3)C2C(=O)N1c1ccc(Cl)cc1. The second-order valence-electron chi connectivity index (χ2n) is 9.07. The molecule has 0 spiro atoms. The minimum Gasteiger partial charge on any atom is -0.379 e. The van der Waals surface area contributed by atoms with Crippen LogP contribution in [0.25, 0.3) is 0 Å².